The highest BCUT2D eigenvalue weighted by Gasteiger charge is 2.68. The van der Waals surface area contributed by atoms with E-state index in [1.807, 2.05) is 30.3 Å². The highest BCUT2D eigenvalue weighted by molar-refractivity contribution is 6.26. The van der Waals surface area contributed by atoms with Gasteiger partial charge < -0.3 is 10.2 Å². The van der Waals surface area contributed by atoms with Crippen LogP contribution in [0, 0.1) is 11.8 Å². The van der Waals surface area contributed by atoms with Gasteiger partial charge in [0.1, 0.15) is 11.3 Å². The van der Waals surface area contributed by atoms with E-state index in [0.717, 1.165) is 15.7 Å². The second-order valence-corrected chi connectivity index (χ2v) is 8.32. The number of amides is 2. The highest BCUT2D eigenvalue weighted by atomic mass is 16.4. The molecule has 3 aromatic carbocycles. The molecule has 2 aliphatic heterocycles. The molecule has 2 heterocycles. The first-order valence-corrected chi connectivity index (χ1v) is 10.5. The number of carbonyl (C=O) groups excluding carboxylic acids is 2. The van der Waals surface area contributed by atoms with Crippen molar-refractivity contribution >= 4 is 34.2 Å². The number of imide groups is 1. The number of rotatable bonds is 4. The fourth-order valence-corrected chi connectivity index (χ4v) is 5.33. The molecule has 0 radical (unpaired) electrons. The third-order valence-corrected chi connectivity index (χ3v) is 6.87. The van der Waals surface area contributed by atoms with Crippen molar-refractivity contribution in [1.82, 2.24) is 5.32 Å². The van der Waals surface area contributed by atoms with Crippen LogP contribution in [-0.2, 0) is 14.4 Å². The summed E-state index contributed by atoms with van der Waals surface area (Å²) >= 11 is 0. The predicted molar refractivity (Wildman–Crippen MR) is 118 cm³/mol. The summed E-state index contributed by atoms with van der Waals surface area (Å²) in [6.45, 7) is 1.68. The lowest BCUT2D eigenvalue weighted by Gasteiger charge is -2.30. The monoisotopic (exact) mass is 430 g/mol. The molecule has 7 heteroatoms. The van der Waals surface area contributed by atoms with Gasteiger partial charge in [0.25, 0.3) is 0 Å². The van der Waals surface area contributed by atoms with Gasteiger partial charge in [-0.25, -0.2) is 4.90 Å². The number of benzene rings is 3. The van der Waals surface area contributed by atoms with E-state index >= 15 is 0 Å². The third-order valence-electron chi connectivity index (χ3n) is 6.87. The standard InChI is InChI=1S/C25H22N2O5/c1-2-25(24(31)32)20-19(21(26-25)16-11-5-6-13-18(16)28)22(29)27(23(20)30)17-12-7-9-14-8-3-4-10-15(14)17/h3-13,19-21,26,28H,2H2,1H3,(H,31,32)/t19-,20-,21-,25+/m0/s1. The summed E-state index contributed by atoms with van der Waals surface area (Å²) in [4.78, 5) is 41.1. The molecular weight excluding hydrogens is 408 g/mol. The maximum atomic E-state index is 13.8. The van der Waals surface area contributed by atoms with Crippen molar-refractivity contribution in [2.24, 2.45) is 11.8 Å². The van der Waals surface area contributed by atoms with Crippen molar-refractivity contribution < 1.29 is 24.6 Å². The SMILES string of the molecule is CC[C@@]1(C(=O)O)N[C@@H](c2ccccc2O)[C@H]2C(=O)N(c3cccc4ccccc34)C(=O)[C@H]21. The Balaban J connectivity index is 1.70. The summed E-state index contributed by atoms with van der Waals surface area (Å²) in [5, 5.41) is 25.3. The summed E-state index contributed by atoms with van der Waals surface area (Å²) in [5.41, 5.74) is -0.775. The number of phenolic OH excluding ortho intramolecular Hbond substituents is 1. The molecule has 32 heavy (non-hydrogen) atoms. The maximum Gasteiger partial charge on any atom is 0.324 e. The molecule has 2 aliphatic rings. The number of carboxylic acids is 1. The molecule has 0 aliphatic carbocycles. The van der Waals surface area contributed by atoms with Gasteiger partial charge in [-0.1, -0.05) is 61.5 Å². The smallest absolute Gasteiger partial charge is 0.324 e. The molecular formula is C25H22N2O5. The fraction of sp³-hybridized carbons (Fsp3) is 0.240. The number of carbonyl (C=O) groups is 3. The Bertz CT molecular complexity index is 1270. The number of aromatic hydroxyl groups is 1. The Morgan fingerprint density at radius 3 is 2.41 bits per heavy atom. The zero-order chi connectivity index (χ0) is 22.6. The fourth-order valence-electron chi connectivity index (χ4n) is 5.33. The van der Waals surface area contributed by atoms with Gasteiger partial charge in [0.15, 0.2) is 0 Å². The average molecular weight is 430 g/mol. The van der Waals surface area contributed by atoms with Crippen LogP contribution in [-0.4, -0.2) is 33.5 Å². The van der Waals surface area contributed by atoms with Crippen molar-refractivity contribution in [2.75, 3.05) is 4.90 Å². The van der Waals surface area contributed by atoms with Gasteiger partial charge in [-0.05, 0) is 23.9 Å². The zero-order valence-corrected chi connectivity index (χ0v) is 17.4. The Kier molecular flexibility index (Phi) is 4.53. The lowest BCUT2D eigenvalue weighted by Crippen LogP contribution is -2.55. The first-order chi connectivity index (χ1) is 15.4. The van der Waals surface area contributed by atoms with Crippen LogP contribution in [0.3, 0.4) is 0 Å². The maximum absolute atomic E-state index is 13.8. The molecule has 5 rings (SSSR count). The molecule has 2 saturated heterocycles. The van der Waals surface area contributed by atoms with Gasteiger partial charge in [-0.2, -0.15) is 0 Å². The van der Waals surface area contributed by atoms with Crippen molar-refractivity contribution in [1.29, 1.82) is 0 Å². The Morgan fingerprint density at radius 2 is 1.69 bits per heavy atom. The third kappa shape index (κ3) is 2.61. The van der Waals surface area contributed by atoms with E-state index in [2.05, 4.69) is 5.32 Å². The number of carboxylic acid groups (broad SMARTS) is 1. The summed E-state index contributed by atoms with van der Waals surface area (Å²) in [5.74, 6) is -4.29. The molecule has 7 nitrogen and oxygen atoms in total. The van der Waals surface area contributed by atoms with Crippen LogP contribution < -0.4 is 10.2 Å². The molecule has 0 bridgehead atoms. The van der Waals surface area contributed by atoms with Gasteiger partial charge in [0.05, 0.1) is 17.5 Å². The average Bonchev–Trinajstić information content (AvgIpc) is 3.28. The van der Waals surface area contributed by atoms with Crippen LogP contribution in [0.2, 0.25) is 0 Å². The Labute approximate surface area is 184 Å². The van der Waals surface area contributed by atoms with Crippen LogP contribution in [0.1, 0.15) is 24.9 Å². The number of hydrogen-bond acceptors (Lipinski definition) is 5. The van der Waals surface area contributed by atoms with E-state index in [9.17, 15) is 24.6 Å². The van der Waals surface area contributed by atoms with Crippen molar-refractivity contribution in [3.8, 4) is 5.75 Å². The van der Waals surface area contributed by atoms with E-state index in [1.165, 1.54) is 6.07 Å². The summed E-state index contributed by atoms with van der Waals surface area (Å²) in [6, 6.07) is 18.5. The summed E-state index contributed by atoms with van der Waals surface area (Å²) in [6.07, 6.45) is 0.107. The first kappa shape index (κ1) is 20.2. The molecule has 0 aromatic heterocycles. The number of hydrogen-bond donors (Lipinski definition) is 3. The van der Waals surface area contributed by atoms with Gasteiger partial charge in [0.2, 0.25) is 11.8 Å². The molecule has 162 valence electrons. The largest absolute Gasteiger partial charge is 0.508 e. The molecule has 0 spiro atoms. The Hall–Kier alpha value is -3.71. The number of phenols is 1. The number of fused-ring (bicyclic) bond motifs is 2. The minimum absolute atomic E-state index is 0.0510. The van der Waals surface area contributed by atoms with E-state index in [1.54, 1.807) is 37.3 Å². The molecule has 4 atom stereocenters. The van der Waals surface area contributed by atoms with Crippen LogP contribution in [0.5, 0.6) is 5.75 Å². The van der Waals surface area contributed by atoms with Crippen LogP contribution in [0.4, 0.5) is 5.69 Å². The number of nitrogens with one attached hydrogen (secondary N) is 1. The molecule has 3 aromatic rings. The summed E-state index contributed by atoms with van der Waals surface area (Å²) in [7, 11) is 0. The van der Waals surface area contributed by atoms with Crippen molar-refractivity contribution in [3.63, 3.8) is 0 Å². The van der Waals surface area contributed by atoms with Gasteiger partial charge in [0, 0.05) is 17.0 Å². The summed E-state index contributed by atoms with van der Waals surface area (Å²) < 4.78 is 0. The highest BCUT2D eigenvalue weighted by Crippen LogP contribution is 2.52. The van der Waals surface area contributed by atoms with E-state index in [-0.39, 0.29) is 12.2 Å². The molecule has 2 fully saturated rings. The first-order valence-electron chi connectivity index (χ1n) is 10.5. The minimum atomic E-state index is -1.62. The molecule has 0 unspecified atom stereocenters. The molecule has 2 amide bonds. The van der Waals surface area contributed by atoms with Crippen LogP contribution in [0.15, 0.2) is 66.7 Å². The number of aliphatic carboxylic acids is 1. The lowest BCUT2D eigenvalue weighted by molar-refractivity contribution is -0.149. The number of nitrogens with zero attached hydrogens (tertiary/aromatic N) is 1. The topological polar surface area (TPSA) is 107 Å². The van der Waals surface area contributed by atoms with Crippen LogP contribution >= 0.6 is 0 Å². The van der Waals surface area contributed by atoms with Crippen molar-refractivity contribution in [3.05, 3.63) is 72.3 Å². The van der Waals surface area contributed by atoms with E-state index in [0.29, 0.717) is 11.3 Å². The zero-order valence-electron chi connectivity index (χ0n) is 17.4. The number of para-hydroxylation sites is 1. The minimum Gasteiger partial charge on any atom is -0.508 e. The van der Waals surface area contributed by atoms with E-state index < -0.39 is 41.2 Å². The molecule has 0 saturated carbocycles. The second kappa shape index (κ2) is 7.17. The normalized spacial score (nSPS) is 27.2. The Morgan fingerprint density at radius 1 is 1.00 bits per heavy atom. The van der Waals surface area contributed by atoms with Crippen molar-refractivity contribution in [2.45, 2.75) is 24.9 Å². The lowest BCUT2D eigenvalue weighted by atomic mass is 9.78. The quantitative estimate of drug-likeness (QED) is 0.549. The number of anilines is 1. The van der Waals surface area contributed by atoms with Crippen LogP contribution in [0.25, 0.3) is 10.8 Å². The van der Waals surface area contributed by atoms with Gasteiger partial charge in [-0.3, -0.25) is 19.7 Å². The molecule has 3 N–H and O–H groups in total. The van der Waals surface area contributed by atoms with Gasteiger partial charge >= 0.3 is 5.97 Å². The van der Waals surface area contributed by atoms with Gasteiger partial charge in [-0.15, -0.1) is 0 Å². The second-order valence-electron chi connectivity index (χ2n) is 8.32. The predicted octanol–water partition coefficient (Wildman–Crippen LogP) is 3.23. The van der Waals surface area contributed by atoms with E-state index in [4.69, 9.17) is 0 Å².